The number of halogens is 2. The second-order valence-electron chi connectivity index (χ2n) is 5.86. The first-order valence-corrected chi connectivity index (χ1v) is 8.93. The number of carboxylic acids is 1. The molecule has 2 aliphatic heterocycles. The number of carboxylic acid groups (broad SMARTS) is 1. The van der Waals surface area contributed by atoms with Crippen LogP contribution in [-0.4, -0.2) is 67.3 Å². The molecule has 2 N–H and O–H groups in total. The Morgan fingerprint density at radius 2 is 2.18 bits per heavy atom. The molecule has 0 aromatic carbocycles. The summed E-state index contributed by atoms with van der Waals surface area (Å²) in [6.45, 7) is -1.99. The van der Waals surface area contributed by atoms with Crippen LogP contribution < -0.4 is 5.32 Å². The van der Waals surface area contributed by atoms with Crippen molar-refractivity contribution in [3.63, 3.8) is 0 Å². The Kier molecular flexibility index (Phi) is 5.36. The van der Waals surface area contributed by atoms with Gasteiger partial charge in [0.15, 0.2) is 0 Å². The highest BCUT2D eigenvalue weighted by molar-refractivity contribution is 8.00. The fraction of sp³-hybridized carbons (Fsp3) is 0.400. The van der Waals surface area contributed by atoms with Crippen LogP contribution in [-0.2, 0) is 19.1 Å². The number of amides is 2. The van der Waals surface area contributed by atoms with E-state index in [1.54, 1.807) is 0 Å². The van der Waals surface area contributed by atoms with Crippen molar-refractivity contribution in [2.24, 2.45) is 0 Å². The van der Waals surface area contributed by atoms with E-state index in [0.29, 0.717) is 4.68 Å². The van der Waals surface area contributed by atoms with Gasteiger partial charge in [-0.3, -0.25) is 19.3 Å². The van der Waals surface area contributed by atoms with Crippen LogP contribution in [0.3, 0.4) is 0 Å². The molecule has 1 aromatic heterocycles. The number of aromatic nitrogens is 2. The number of thioether (sulfide) groups is 1. The Hall–Kier alpha value is -2.96. The molecule has 0 unspecified atom stereocenters. The van der Waals surface area contributed by atoms with Gasteiger partial charge in [0.05, 0.1) is 0 Å². The summed E-state index contributed by atoms with van der Waals surface area (Å²) in [5.41, 5.74) is -0.322. The zero-order valence-corrected chi connectivity index (χ0v) is 15.1. The summed E-state index contributed by atoms with van der Waals surface area (Å²) in [5.74, 6) is -3.27. The van der Waals surface area contributed by atoms with Gasteiger partial charge in [0.2, 0.25) is 0 Å². The molecule has 3 rings (SSSR count). The van der Waals surface area contributed by atoms with Crippen molar-refractivity contribution < 1.29 is 37.8 Å². The number of carbonyl (C=O) groups is 4. The summed E-state index contributed by atoms with van der Waals surface area (Å²) in [5, 5.41) is 14.6. The molecule has 1 saturated heterocycles. The van der Waals surface area contributed by atoms with Gasteiger partial charge in [-0.25, -0.2) is 9.48 Å². The van der Waals surface area contributed by atoms with Gasteiger partial charge in [0, 0.05) is 24.4 Å². The maximum Gasteiger partial charge on any atom is 0.352 e. The molecule has 0 radical (unpaired) electrons. The molecule has 10 nitrogen and oxygen atoms in total. The van der Waals surface area contributed by atoms with Crippen molar-refractivity contribution in [1.29, 1.82) is 0 Å². The molecule has 1 aromatic rings. The van der Waals surface area contributed by atoms with Crippen molar-refractivity contribution >= 4 is 35.5 Å². The number of β-lactam (4-membered cyclic amide) rings is 1. The summed E-state index contributed by atoms with van der Waals surface area (Å²) in [6.07, 6.45) is 0.927. The summed E-state index contributed by atoms with van der Waals surface area (Å²) < 4.78 is 30.2. The third-order valence-corrected chi connectivity index (χ3v) is 5.37. The molecule has 3 heterocycles. The number of esters is 1. The lowest BCUT2D eigenvalue weighted by Gasteiger charge is -2.49. The third-order valence-electron chi connectivity index (χ3n) is 4.03. The minimum absolute atomic E-state index is 0.176. The van der Waals surface area contributed by atoms with E-state index in [1.807, 2.05) is 0 Å². The highest BCUT2D eigenvalue weighted by atomic mass is 32.2. The van der Waals surface area contributed by atoms with Gasteiger partial charge in [-0.2, -0.15) is 13.9 Å². The summed E-state index contributed by atoms with van der Waals surface area (Å²) in [4.78, 5) is 48.1. The minimum atomic E-state index is -2.91. The highest BCUT2D eigenvalue weighted by Crippen LogP contribution is 2.40. The molecule has 28 heavy (non-hydrogen) atoms. The molecule has 2 atom stereocenters. The van der Waals surface area contributed by atoms with Gasteiger partial charge in [-0.1, -0.05) is 0 Å². The molecule has 2 amide bonds. The molecule has 0 saturated carbocycles. The first-order chi connectivity index (χ1) is 13.2. The fourth-order valence-corrected chi connectivity index (χ4v) is 4.09. The minimum Gasteiger partial charge on any atom is -0.477 e. The number of aliphatic carboxylic acids is 1. The Labute approximate surface area is 160 Å². The number of nitrogens with zero attached hydrogens (tertiary/aromatic N) is 3. The fourth-order valence-electron chi connectivity index (χ4n) is 2.77. The zero-order valence-electron chi connectivity index (χ0n) is 14.3. The molecular formula is C15H14F2N4O6S. The number of ether oxygens (including phenoxy) is 1. The smallest absolute Gasteiger partial charge is 0.352 e. The van der Waals surface area contributed by atoms with Crippen LogP contribution in [0.1, 0.15) is 24.0 Å². The molecule has 150 valence electrons. The van der Waals surface area contributed by atoms with E-state index in [9.17, 15) is 33.1 Å². The average molecular weight is 416 g/mol. The van der Waals surface area contributed by atoms with Crippen LogP contribution >= 0.6 is 11.8 Å². The molecule has 1 fully saturated rings. The van der Waals surface area contributed by atoms with Gasteiger partial charge in [-0.15, -0.1) is 11.8 Å². The summed E-state index contributed by atoms with van der Waals surface area (Å²) in [7, 11) is 0. The Balaban J connectivity index is 1.73. The first kappa shape index (κ1) is 19.8. The summed E-state index contributed by atoms with van der Waals surface area (Å²) >= 11 is 1.19. The normalized spacial score (nSPS) is 21.3. The number of rotatable bonds is 6. The molecule has 0 aliphatic carbocycles. The van der Waals surface area contributed by atoms with Crippen LogP contribution in [0, 0.1) is 0 Å². The Bertz CT molecular complexity index is 886. The van der Waals surface area contributed by atoms with E-state index in [4.69, 9.17) is 4.74 Å². The van der Waals surface area contributed by atoms with E-state index in [-0.39, 0.29) is 29.3 Å². The van der Waals surface area contributed by atoms with E-state index in [2.05, 4.69) is 10.4 Å². The number of alkyl halides is 2. The zero-order chi connectivity index (χ0) is 20.6. The van der Waals surface area contributed by atoms with Crippen molar-refractivity contribution in [3.8, 4) is 0 Å². The van der Waals surface area contributed by atoms with Gasteiger partial charge < -0.3 is 15.2 Å². The van der Waals surface area contributed by atoms with Crippen LogP contribution in [0.5, 0.6) is 0 Å². The number of fused-ring (bicyclic) bond motifs is 1. The van der Waals surface area contributed by atoms with Crippen molar-refractivity contribution in [3.05, 3.63) is 29.2 Å². The Morgan fingerprint density at radius 1 is 1.46 bits per heavy atom. The quantitative estimate of drug-likeness (QED) is 0.497. The lowest BCUT2D eigenvalue weighted by atomic mass is 10.0. The van der Waals surface area contributed by atoms with Crippen LogP contribution in [0.15, 0.2) is 23.5 Å². The van der Waals surface area contributed by atoms with Gasteiger partial charge in [0.1, 0.15) is 29.4 Å². The largest absolute Gasteiger partial charge is 0.477 e. The van der Waals surface area contributed by atoms with Gasteiger partial charge >= 0.3 is 18.5 Å². The van der Waals surface area contributed by atoms with Crippen molar-refractivity contribution in [2.45, 2.75) is 24.9 Å². The topological polar surface area (TPSA) is 131 Å². The molecule has 2 aliphatic rings. The van der Waals surface area contributed by atoms with Crippen LogP contribution in [0.2, 0.25) is 0 Å². The SMILES string of the molecule is CC(=O)OCC1=C(C(=O)O)N2C(=O)[C@@H](NC(=O)c3ccn(C(F)F)n3)[C@H]2SC1. The van der Waals surface area contributed by atoms with Gasteiger partial charge in [0.25, 0.3) is 11.8 Å². The molecule has 0 bridgehead atoms. The molecule has 13 heteroatoms. The second kappa shape index (κ2) is 7.58. The third kappa shape index (κ3) is 3.56. The van der Waals surface area contributed by atoms with E-state index < -0.39 is 41.7 Å². The first-order valence-electron chi connectivity index (χ1n) is 7.88. The molecule has 0 spiro atoms. The van der Waals surface area contributed by atoms with Gasteiger partial charge in [-0.05, 0) is 6.07 Å². The van der Waals surface area contributed by atoms with Crippen LogP contribution in [0.4, 0.5) is 8.78 Å². The predicted molar refractivity (Wildman–Crippen MR) is 89.1 cm³/mol. The maximum absolute atomic E-state index is 12.5. The standard InChI is InChI=1S/C15H14F2N4O6S/c1-6(22)27-4-7-5-28-13-9(12(24)21(13)10(7)14(25)26)18-11(23)8-2-3-20(19-8)15(16)17/h2-3,9,13,15H,4-5H2,1H3,(H,18,23)(H,25,26)/t9-,13-/m1/s1. The number of nitrogens with one attached hydrogen (secondary N) is 1. The highest BCUT2D eigenvalue weighted by Gasteiger charge is 2.54. The van der Waals surface area contributed by atoms with Crippen molar-refractivity contribution in [1.82, 2.24) is 20.0 Å². The monoisotopic (exact) mass is 416 g/mol. The summed E-state index contributed by atoms with van der Waals surface area (Å²) in [6, 6.07) is 0.0507. The van der Waals surface area contributed by atoms with E-state index in [1.165, 1.54) is 18.7 Å². The molecular weight excluding hydrogens is 402 g/mol. The lowest BCUT2D eigenvalue weighted by Crippen LogP contribution is -2.70. The number of carbonyl (C=O) groups excluding carboxylic acids is 3. The Morgan fingerprint density at radius 3 is 2.75 bits per heavy atom. The second-order valence-corrected chi connectivity index (χ2v) is 6.96. The van der Waals surface area contributed by atoms with Crippen molar-refractivity contribution in [2.75, 3.05) is 12.4 Å². The average Bonchev–Trinajstić information content (AvgIpc) is 3.13. The maximum atomic E-state index is 12.5. The predicted octanol–water partition coefficient (Wildman–Crippen LogP) is 0.194. The number of hydrogen-bond donors (Lipinski definition) is 2. The van der Waals surface area contributed by atoms with E-state index >= 15 is 0 Å². The van der Waals surface area contributed by atoms with Crippen LogP contribution in [0.25, 0.3) is 0 Å². The lowest BCUT2D eigenvalue weighted by molar-refractivity contribution is -0.149. The van der Waals surface area contributed by atoms with E-state index in [0.717, 1.165) is 17.2 Å². The number of hydrogen-bond acceptors (Lipinski definition) is 7.